The Morgan fingerprint density at radius 1 is 1.39 bits per heavy atom. The van der Waals surface area contributed by atoms with E-state index in [0.29, 0.717) is 6.04 Å². The molecule has 1 aliphatic rings. The highest BCUT2D eigenvalue weighted by molar-refractivity contribution is 5.32. The zero-order valence-corrected chi connectivity index (χ0v) is 10.9. The first-order valence-electron chi connectivity index (χ1n) is 6.48. The maximum atomic E-state index is 4.54. The molecule has 5 heteroatoms. The van der Waals surface area contributed by atoms with Crippen LogP contribution in [-0.2, 0) is 20.0 Å². The van der Waals surface area contributed by atoms with E-state index < -0.39 is 0 Å². The van der Waals surface area contributed by atoms with Crippen molar-refractivity contribution in [3.05, 3.63) is 29.8 Å². The third kappa shape index (κ3) is 2.55. The fourth-order valence-electron chi connectivity index (χ4n) is 2.09. The lowest BCUT2D eigenvalue weighted by Crippen LogP contribution is -2.10. The zero-order valence-electron chi connectivity index (χ0n) is 10.9. The van der Waals surface area contributed by atoms with Gasteiger partial charge in [0.15, 0.2) is 0 Å². The second-order valence-electron chi connectivity index (χ2n) is 5.09. The summed E-state index contributed by atoms with van der Waals surface area (Å²) in [6.07, 6.45) is 9.64. The summed E-state index contributed by atoms with van der Waals surface area (Å²) in [6, 6.07) is 0.643. The summed E-state index contributed by atoms with van der Waals surface area (Å²) in [5.41, 5.74) is 2.34. The highest BCUT2D eigenvalue weighted by atomic mass is 15.2. The van der Waals surface area contributed by atoms with Crippen molar-refractivity contribution in [2.45, 2.75) is 38.8 Å². The van der Waals surface area contributed by atoms with Crippen molar-refractivity contribution in [1.29, 1.82) is 0 Å². The first kappa shape index (κ1) is 11.3. The number of nitrogens with one attached hydrogen (secondary N) is 1. The van der Waals surface area contributed by atoms with Crippen LogP contribution in [0.4, 0.5) is 5.95 Å². The van der Waals surface area contributed by atoms with Gasteiger partial charge in [-0.15, -0.1) is 0 Å². The van der Waals surface area contributed by atoms with E-state index in [2.05, 4.69) is 32.4 Å². The van der Waals surface area contributed by atoms with Crippen molar-refractivity contribution < 1.29 is 0 Å². The summed E-state index contributed by atoms with van der Waals surface area (Å²) >= 11 is 0. The second kappa shape index (κ2) is 4.48. The Kier molecular flexibility index (Phi) is 2.81. The van der Waals surface area contributed by atoms with Gasteiger partial charge in [-0.1, -0.05) is 0 Å². The topological polar surface area (TPSA) is 47.7 Å². The van der Waals surface area contributed by atoms with Crippen LogP contribution < -0.4 is 5.32 Å². The van der Waals surface area contributed by atoms with Crippen LogP contribution in [0.25, 0.3) is 0 Å². The molecule has 0 saturated heterocycles. The van der Waals surface area contributed by atoms with E-state index >= 15 is 0 Å². The summed E-state index contributed by atoms with van der Waals surface area (Å²) in [5, 5.41) is 7.67. The number of imidazole rings is 1. The standard InChI is InChI=1S/C13H19N5/c1-10-8-18(13(15-10)16-12-3-4-12)6-5-11-7-14-17(2)9-11/h7-9,12H,3-6H2,1-2H3,(H,15,16). The molecule has 18 heavy (non-hydrogen) atoms. The molecule has 1 N–H and O–H groups in total. The SMILES string of the molecule is Cc1cn(CCc2cnn(C)c2)c(NC2CC2)n1. The van der Waals surface area contributed by atoms with E-state index in [1.165, 1.54) is 18.4 Å². The second-order valence-corrected chi connectivity index (χ2v) is 5.09. The highest BCUT2D eigenvalue weighted by Gasteiger charge is 2.22. The highest BCUT2D eigenvalue weighted by Crippen LogP contribution is 2.24. The van der Waals surface area contributed by atoms with Crippen LogP contribution in [0.15, 0.2) is 18.6 Å². The molecule has 0 bridgehead atoms. The van der Waals surface area contributed by atoms with Crippen LogP contribution in [0.1, 0.15) is 24.1 Å². The van der Waals surface area contributed by atoms with E-state index in [1.54, 1.807) is 0 Å². The molecule has 96 valence electrons. The van der Waals surface area contributed by atoms with Crippen molar-refractivity contribution in [2.75, 3.05) is 5.32 Å². The normalized spacial score (nSPS) is 15.0. The fraction of sp³-hybridized carbons (Fsp3) is 0.538. The minimum Gasteiger partial charge on any atom is -0.353 e. The van der Waals surface area contributed by atoms with Gasteiger partial charge >= 0.3 is 0 Å². The van der Waals surface area contributed by atoms with Gasteiger partial charge in [0.25, 0.3) is 0 Å². The molecule has 0 radical (unpaired) electrons. The van der Waals surface area contributed by atoms with Crippen LogP contribution >= 0.6 is 0 Å². The number of nitrogens with zero attached hydrogens (tertiary/aromatic N) is 4. The molecule has 1 fully saturated rings. The molecular formula is C13H19N5. The summed E-state index contributed by atoms with van der Waals surface area (Å²) in [6.45, 7) is 2.99. The predicted molar refractivity (Wildman–Crippen MR) is 70.5 cm³/mol. The fourth-order valence-corrected chi connectivity index (χ4v) is 2.09. The van der Waals surface area contributed by atoms with Crippen LogP contribution in [0, 0.1) is 6.92 Å². The molecule has 0 unspecified atom stereocenters. The number of aromatic nitrogens is 4. The zero-order chi connectivity index (χ0) is 12.5. The molecule has 0 spiro atoms. The molecule has 2 heterocycles. The Hall–Kier alpha value is -1.78. The van der Waals surface area contributed by atoms with Gasteiger partial charge in [0.2, 0.25) is 5.95 Å². The first-order valence-corrected chi connectivity index (χ1v) is 6.48. The number of anilines is 1. The Balaban J connectivity index is 1.67. The van der Waals surface area contributed by atoms with E-state index in [4.69, 9.17) is 0 Å². The maximum Gasteiger partial charge on any atom is 0.203 e. The van der Waals surface area contributed by atoms with E-state index in [-0.39, 0.29) is 0 Å². The molecule has 0 amide bonds. The maximum absolute atomic E-state index is 4.54. The lowest BCUT2D eigenvalue weighted by molar-refractivity contribution is 0.697. The lowest BCUT2D eigenvalue weighted by atomic mass is 10.2. The van der Waals surface area contributed by atoms with Crippen molar-refractivity contribution in [3.63, 3.8) is 0 Å². The van der Waals surface area contributed by atoms with Crippen molar-refractivity contribution >= 4 is 5.95 Å². The summed E-state index contributed by atoms with van der Waals surface area (Å²) in [4.78, 5) is 4.54. The molecule has 0 aliphatic heterocycles. The Morgan fingerprint density at radius 2 is 2.22 bits per heavy atom. The quantitative estimate of drug-likeness (QED) is 0.873. The third-order valence-corrected chi connectivity index (χ3v) is 3.21. The number of rotatable bonds is 5. The number of hydrogen-bond donors (Lipinski definition) is 1. The number of aryl methyl sites for hydroxylation is 4. The molecule has 1 aliphatic carbocycles. The molecule has 0 aromatic carbocycles. The van der Waals surface area contributed by atoms with Crippen LogP contribution in [0.2, 0.25) is 0 Å². The molecule has 1 saturated carbocycles. The van der Waals surface area contributed by atoms with Gasteiger partial charge in [-0.05, 0) is 31.7 Å². The molecule has 3 rings (SSSR count). The number of hydrogen-bond acceptors (Lipinski definition) is 3. The Labute approximate surface area is 107 Å². The minimum absolute atomic E-state index is 0.643. The van der Waals surface area contributed by atoms with Gasteiger partial charge in [0, 0.05) is 32.0 Å². The predicted octanol–water partition coefficient (Wildman–Crippen LogP) is 1.74. The monoisotopic (exact) mass is 245 g/mol. The molecule has 5 nitrogen and oxygen atoms in total. The van der Waals surface area contributed by atoms with E-state index in [1.807, 2.05) is 24.9 Å². The molecule has 0 atom stereocenters. The lowest BCUT2D eigenvalue weighted by Gasteiger charge is -2.07. The first-order chi connectivity index (χ1) is 8.70. The molecule has 2 aromatic rings. The van der Waals surface area contributed by atoms with Gasteiger partial charge < -0.3 is 9.88 Å². The molecule has 2 aromatic heterocycles. The van der Waals surface area contributed by atoms with Gasteiger partial charge in [-0.25, -0.2) is 4.98 Å². The van der Waals surface area contributed by atoms with Gasteiger partial charge in [-0.2, -0.15) is 5.10 Å². The van der Waals surface area contributed by atoms with Gasteiger partial charge in [0.1, 0.15) is 0 Å². The average Bonchev–Trinajstić information content (AvgIpc) is 2.93. The summed E-state index contributed by atoms with van der Waals surface area (Å²) in [5.74, 6) is 1.01. The van der Waals surface area contributed by atoms with E-state index in [0.717, 1.165) is 24.6 Å². The summed E-state index contributed by atoms with van der Waals surface area (Å²) < 4.78 is 4.05. The smallest absolute Gasteiger partial charge is 0.203 e. The minimum atomic E-state index is 0.643. The van der Waals surface area contributed by atoms with Crippen molar-refractivity contribution in [3.8, 4) is 0 Å². The van der Waals surface area contributed by atoms with Crippen LogP contribution in [-0.4, -0.2) is 25.4 Å². The van der Waals surface area contributed by atoms with Crippen molar-refractivity contribution in [1.82, 2.24) is 19.3 Å². The Bertz CT molecular complexity index is 535. The van der Waals surface area contributed by atoms with Crippen LogP contribution in [0.3, 0.4) is 0 Å². The average molecular weight is 245 g/mol. The van der Waals surface area contributed by atoms with Crippen LogP contribution in [0.5, 0.6) is 0 Å². The molecular weight excluding hydrogens is 226 g/mol. The van der Waals surface area contributed by atoms with Crippen molar-refractivity contribution in [2.24, 2.45) is 7.05 Å². The van der Waals surface area contributed by atoms with Gasteiger partial charge in [0.05, 0.1) is 11.9 Å². The largest absolute Gasteiger partial charge is 0.353 e. The summed E-state index contributed by atoms with van der Waals surface area (Å²) in [7, 11) is 1.95. The van der Waals surface area contributed by atoms with E-state index in [9.17, 15) is 0 Å². The Morgan fingerprint density at radius 3 is 2.89 bits per heavy atom. The third-order valence-electron chi connectivity index (χ3n) is 3.21. The van der Waals surface area contributed by atoms with Gasteiger partial charge in [-0.3, -0.25) is 4.68 Å².